The van der Waals surface area contributed by atoms with E-state index >= 15 is 0 Å². The maximum Gasteiger partial charge on any atom is 0.172 e. The first-order valence-corrected chi connectivity index (χ1v) is 8.51. The van der Waals surface area contributed by atoms with Gasteiger partial charge in [0.05, 0.1) is 12.7 Å². The van der Waals surface area contributed by atoms with Crippen LogP contribution >= 0.6 is 0 Å². The quantitative estimate of drug-likeness (QED) is 0.640. The zero-order chi connectivity index (χ0) is 17.8. The molecule has 0 N–H and O–H groups in total. The van der Waals surface area contributed by atoms with Gasteiger partial charge >= 0.3 is 0 Å². The predicted octanol–water partition coefficient (Wildman–Crippen LogP) is 1.74. The van der Waals surface area contributed by atoms with Crippen molar-refractivity contribution in [1.29, 1.82) is 0 Å². The second-order valence-corrected chi connectivity index (χ2v) is 6.05. The van der Waals surface area contributed by atoms with Gasteiger partial charge in [0.2, 0.25) is 0 Å². The fourth-order valence-electron chi connectivity index (χ4n) is 2.89. The van der Waals surface area contributed by atoms with Crippen LogP contribution in [0.2, 0.25) is 0 Å². The van der Waals surface area contributed by atoms with E-state index in [0.29, 0.717) is 30.5 Å². The molecule has 136 valence electrons. The van der Waals surface area contributed by atoms with Gasteiger partial charge < -0.3 is 9.47 Å². The van der Waals surface area contributed by atoms with Gasteiger partial charge in [-0.25, -0.2) is 23.7 Å². The lowest BCUT2D eigenvalue weighted by atomic mass is 10.2. The lowest BCUT2D eigenvalue weighted by Gasteiger charge is -2.10. The lowest BCUT2D eigenvalue weighted by Crippen LogP contribution is -2.15. The molecule has 1 saturated heterocycles. The number of aromatic nitrogens is 6. The molecule has 9 heteroatoms. The first kappa shape index (κ1) is 16.8. The van der Waals surface area contributed by atoms with Crippen molar-refractivity contribution < 1.29 is 13.9 Å². The van der Waals surface area contributed by atoms with Crippen molar-refractivity contribution in [3.8, 4) is 5.69 Å². The summed E-state index contributed by atoms with van der Waals surface area (Å²) in [5.74, 6) is 0.669. The van der Waals surface area contributed by atoms with Crippen LogP contribution in [0.25, 0.3) is 5.69 Å². The summed E-state index contributed by atoms with van der Waals surface area (Å²) in [5, 5.41) is 8.48. The van der Waals surface area contributed by atoms with Crippen LogP contribution in [0.15, 0.2) is 36.9 Å². The van der Waals surface area contributed by atoms with Gasteiger partial charge in [-0.2, -0.15) is 5.10 Å². The molecule has 4 rings (SSSR count). The van der Waals surface area contributed by atoms with E-state index in [2.05, 4.69) is 20.2 Å². The SMILES string of the molecule is Fc1ccccc1-n1nc(Cn2cncn2)nc1COCC1CCCO1. The van der Waals surface area contributed by atoms with Crippen molar-refractivity contribution in [2.45, 2.75) is 32.1 Å². The average molecular weight is 358 g/mol. The first-order valence-electron chi connectivity index (χ1n) is 8.51. The molecular weight excluding hydrogens is 339 g/mol. The molecule has 0 bridgehead atoms. The topological polar surface area (TPSA) is 79.9 Å². The summed E-state index contributed by atoms with van der Waals surface area (Å²) in [6.45, 7) is 1.84. The molecule has 1 aromatic carbocycles. The third-order valence-corrected chi connectivity index (χ3v) is 4.13. The molecule has 0 amide bonds. The highest BCUT2D eigenvalue weighted by atomic mass is 19.1. The highest BCUT2D eigenvalue weighted by Gasteiger charge is 2.18. The normalized spacial score (nSPS) is 17.0. The number of ether oxygens (including phenoxy) is 2. The molecular formula is C17H19FN6O2. The van der Waals surface area contributed by atoms with E-state index in [1.165, 1.54) is 17.1 Å². The van der Waals surface area contributed by atoms with Crippen LogP contribution in [0.5, 0.6) is 0 Å². The summed E-state index contributed by atoms with van der Waals surface area (Å²) in [6, 6.07) is 6.45. The highest BCUT2D eigenvalue weighted by molar-refractivity contribution is 5.33. The van der Waals surface area contributed by atoms with Gasteiger partial charge in [-0.15, -0.1) is 5.10 Å². The molecule has 1 atom stereocenters. The van der Waals surface area contributed by atoms with E-state index in [4.69, 9.17) is 9.47 Å². The van der Waals surface area contributed by atoms with Gasteiger partial charge in [-0.05, 0) is 25.0 Å². The van der Waals surface area contributed by atoms with E-state index in [9.17, 15) is 4.39 Å². The van der Waals surface area contributed by atoms with Crippen molar-refractivity contribution in [1.82, 2.24) is 29.5 Å². The number of nitrogens with zero attached hydrogens (tertiary/aromatic N) is 6. The van der Waals surface area contributed by atoms with Gasteiger partial charge in [-0.3, -0.25) is 0 Å². The number of para-hydroxylation sites is 1. The van der Waals surface area contributed by atoms with Gasteiger partial charge in [-0.1, -0.05) is 12.1 Å². The lowest BCUT2D eigenvalue weighted by molar-refractivity contribution is 0.00814. The molecule has 1 fully saturated rings. The standard InChI is InChI=1S/C17H19FN6O2/c18-14-5-1-2-6-15(14)24-17(10-25-9-13-4-3-7-26-13)21-16(22-24)8-23-12-19-11-20-23/h1-2,5-6,11-13H,3-4,7-10H2. The molecule has 1 unspecified atom stereocenters. The molecule has 1 aliphatic rings. The molecule has 3 heterocycles. The summed E-state index contributed by atoms with van der Waals surface area (Å²) in [7, 11) is 0. The smallest absolute Gasteiger partial charge is 0.172 e. The van der Waals surface area contributed by atoms with E-state index in [-0.39, 0.29) is 18.5 Å². The van der Waals surface area contributed by atoms with Crippen molar-refractivity contribution >= 4 is 0 Å². The zero-order valence-electron chi connectivity index (χ0n) is 14.2. The molecule has 0 spiro atoms. The Labute approximate surface area is 149 Å². The van der Waals surface area contributed by atoms with Crippen molar-refractivity contribution in [3.05, 3.63) is 54.4 Å². The number of benzene rings is 1. The maximum atomic E-state index is 14.2. The van der Waals surface area contributed by atoms with Gasteiger partial charge in [0, 0.05) is 6.61 Å². The van der Waals surface area contributed by atoms with Crippen LogP contribution in [-0.2, 0) is 22.6 Å². The van der Waals surface area contributed by atoms with Gasteiger partial charge in [0.1, 0.15) is 37.3 Å². The van der Waals surface area contributed by atoms with Crippen LogP contribution < -0.4 is 0 Å². The Kier molecular flexibility index (Phi) is 4.98. The molecule has 2 aromatic heterocycles. The van der Waals surface area contributed by atoms with Crippen LogP contribution in [0.1, 0.15) is 24.5 Å². The minimum absolute atomic E-state index is 0.120. The Morgan fingerprint density at radius 1 is 1.31 bits per heavy atom. The average Bonchev–Trinajstić information content (AvgIpc) is 3.39. The molecule has 0 saturated carbocycles. The Morgan fingerprint density at radius 3 is 3.00 bits per heavy atom. The Morgan fingerprint density at radius 2 is 2.23 bits per heavy atom. The minimum Gasteiger partial charge on any atom is -0.376 e. The molecule has 8 nitrogen and oxygen atoms in total. The summed E-state index contributed by atoms with van der Waals surface area (Å²) in [4.78, 5) is 8.40. The molecule has 1 aliphatic heterocycles. The van der Waals surface area contributed by atoms with Crippen LogP contribution in [0.4, 0.5) is 4.39 Å². The second-order valence-electron chi connectivity index (χ2n) is 6.05. The van der Waals surface area contributed by atoms with E-state index in [1.807, 2.05) is 0 Å². The van der Waals surface area contributed by atoms with Crippen LogP contribution in [0.3, 0.4) is 0 Å². The molecule has 26 heavy (non-hydrogen) atoms. The summed E-state index contributed by atoms with van der Waals surface area (Å²) in [5.41, 5.74) is 0.334. The van der Waals surface area contributed by atoms with Crippen LogP contribution in [-0.4, -0.2) is 48.8 Å². The predicted molar refractivity (Wildman–Crippen MR) is 89.1 cm³/mol. The number of hydrogen-bond donors (Lipinski definition) is 0. The van der Waals surface area contributed by atoms with Gasteiger partial charge in [0.15, 0.2) is 11.6 Å². The number of halogens is 1. The second kappa shape index (κ2) is 7.71. The maximum absolute atomic E-state index is 14.2. The van der Waals surface area contributed by atoms with E-state index in [0.717, 1.165) is 19.4 Å². The fraction of sp³-hybridized carbons (Fsp3) is 0.412. The summed E-state index contributed by atoms with van der Waals surface area (Å²) in [6.07, 6.45) is 5.20. The van der Waals surface area contributed by atoms with Gasteiger partial charge in [0.25, 0.3) is 0 Å². The Bertz CT molecular complexity index is 845. The summed E-state index contributed by atoms with van der Waals surface area (Å²) >= 11 is 0. The third kappa shape index (κ3) is 3.78. The van der Waals surface area contributed by atoms with Crippen molar-refractivity contribution in [2.24, 2.45) is 0 Å². The number of hydrogen-bond acceptors (Lipinski definition) is 6. The Balaban J connectivity index is 1.55. The van der Waals surface area contributed by atoms with Crippen molar-refractivity contribution in [2.75, 3.05) is 13.2 Å². The highest BCUT2D eigenvalue weighted by Crippen LogP contribution is 2.17. The van der Waals surface area contributed by atoms with E-state index < -0.39 is 0 Å². The first-order chi connectivity index (χ1) is 12.8. The van der Waals surface area contributed by atoms with Crippen molar-refractivity contribution in [3.63, 3.8) is 0 Å². The number of rotatable bonds is 7. The van der Waals surface area contributed by atoms with Crippen LogP contribution in [0, 0.1) is 5.82 Å². The van der Waals surface area contributed by atoms with E-state index in [1.54, 1.807) is 29.2 Å². The minimum atomic E-state index is -0.370. The summed E-state index contributed by atoms with van der Waals surface area (Å²) < 4.78 is 28.6. The zero-order valence-corrected chi connectivity index (χ0v) is 14.2. The molecule has 0 aliphatic carbocycles. The third-order valence-electron chi connectivity index (χ3n) is 4.13. The fourth-order valence-corrected chi connectivity index (χ4v) is 2.89. The molecule has 0 radical (unpaired) electrons. The largest absolute Gasteiger partial charge is 0.376 e. The Hall–Kier alpha value is -2.65. The monoisotopic (exact) mass is 358 g/mol. The molecule has 3 aromatic rings.